The topological polar surface area (TPSA) is 82.9 Å². The molecule has 1 N–H and O–H groups in total. The van der Waals surface area contributed by atoms with Gasteiger partial charge in [-0.1, -0.05) is 0 Å². The lowest BCUT2D eigenvalue weighted by molar-refractivity contribution is 0.0627. The number of sulfonamides is 1. The van der Waals surface area contributed by atoms with Crippen molar-refractivity contribution in [1.82, 2.24) is 14.5 Å². The first kappa shape index (κ1) is 18.2. The first-order valence-electron chi connectivity index (χ1n) is 9.18. The molecular weight excluding hydrogens is 366 g/mol. The number of hydrogen-bond acceptors (Lipinski definition) is 5. The average molecular weight is 389 g/mol. The monoisotopic (exact) mass is 389 g/mol. The molecule has 7 nitrogen and oxygen atoms in total. The third kappa shape index (κ3) is 4.23. The molecule has 1 amide bonds. The first-order valence-corrected chi connectivity index (χ1v) is 10.7. The number of furan rings is 1. The highest BCUT2D eigenvalue weighted by Gasteiger charge is 2.32. The Morgan fingerprint density at radius 2 is 1.78 bits per heavy atom. The van der Waals surface area contributed by atoms with Crippen LogP contribution in [0.25, 0.3) is 0 Å². The molecule has 0 spiro atoms. The predicted molar refractivity (Wildman–Crippen MR) is 99.7 cm³/mol. The molecule has 1 aliphatic carbocycles. The van der Waals surface area contributed by atoms with Gasteiger partial charge in [-0.15, -0.1) is 0 Å². The normalized spacial score (nSPS) is 18.6. The van der Waals surface area contributed by atoms with Gasteiger partial charge in [-0.25, -0.2) is 13.1 Å². The summed E-state index contributed by atoms with van der Waals surface area (Å²) in [4.78, 5) is 17.1. The van der Waals surface area contributed by atoms with Gasteiger partial charge in [0.15, 0.2) is 0 Å². The standard InChI is InChI=1S/C19H23N3O4S/c23-19(22-11-9-21(10-12-22)16-5-6-16)15-3-7-18(8-4-15)27(24,25)20-14-17-2-1-13-26-17/h1-4,7-8,13,16,20H,5-6,9-12,14H2. The maximum atomic E-state index is 12.7. The fourth-order valence-corrected chi connectivity index (χ4v) is 4.35. The minimum Gasteiger partial charge on any atom is -0.468 e. The maximum Gasteiger partial charge on any atom is 0.253 e. The van der Waals surface area contributed by atoms with Crippen LogP contribution in [0.1, 0.15) is 29.0 Å². The number of nitrogens with zero attached hydrogens (tertiary/aromatic N) is 2. The van der Waals surface area contributed by atoms with Crippen LogP contribution in [0.2, 0.25) is 0 Å². The average Bonchev–Trinajstić information content (AvgIpc) is 3.41. The van der Waals surface area contributed by atoms with Gasteiger partial charge in [0.1, 0.15) is 5.76 Å². The van der Waals surface area contributed by atoms with Gasteiger partial charge in [-0.05, 0) is 49.2 Å². The van der Waals surface area contributed by atoms with Crippen molar-refractivity contribution in [1.29, 1.82) is 0 Å². The lowest BCUT2D eigenvalue weighted by atomic mass is 10.2. The second kappa shape index (κ2) is 7.46. The van der Waals surface area contributed by atoms with Crippen LogP contribution in [-0.4, -0.2) is 56.3 Å². The predicted octanol–water partition coefficient (Wildman–Crippen LogP) is 1.68. The quantitative estimate of drug-likeness (QED) is 0.813. The zero-order chi connectivity index (χ0) is 18.9. The lowest BCUT2D eigenvalue weighted by Crippen LogP contribution is -2.49. The molecule has 1 aromatic carbocycles. The van der Waals surface area contributed by atoms with Crippen molar-refractivity contribution in [2.24, 2.45) is 0 Å². The molecule has 27 heavy (non-hydrogen) atoms. The van der Waals surface area contributed by atoms with Crippen LogP contribution in [0, 0.1) is 0 Å². The number of amides is 1. The Morgan fingerprint density at radius 3 is 2.37 bits per heavy atom. The largest absolute Gasteiger partial charge is 0.468 e. The van der Waals surface area contributed by atoms with E-state index >= 15 is 0 Å². The molecule has 1 saturated heterocycles. The van der Waals surface area contributed by atoms with Gasteiger partial charge in [-0.2, -0.15) is 0 Å². The van der Waals surface area contributed by atoms with Crippen LogP contribution >= 0.6 is 0 Å². The number of hydrogen-bond donors (Lipinski definition) is 1. The van der Waals surface area contributed by atoms with Gasteiger partial charge >= 0.3 is 0 Å². The maximum absolute atomic E-state index is 12.7. The molecule has 2 fully saturated rings. The number of benzene rings is 1. The van der Waals surface area contributed by atoms with E-state index in [2.05, 4.69) is 9.62 Å². The Balaban J connectivity index is 1.37. The zero-order valence-corrected chi connectivity index (χ0v) is 15.8. The third-order valence-electron chi connectivity index (χ3n) is 5.09. The van der Waals surface area contributed by atoms with Crippen molar-refractivity contribution in [3.05, 3.63) is 54.0 Å². The smallest absolute Gasteiger partial charge is 0.253 e. The number of piperazine rings is 1. The van der Waals surface area contributed by atoms with E-state index in [-0.39, 0.29) is 17.3 Å². The van der Waals surface area contributed by atoms with E-state index in [9.17, 15) is 13.2 Å². The molecule has 2 aromatic rings. The summed E-state index contributed by atoms with van der Waals surface area (Å²) in [5.74, 6) is 0.494. The molecule has 1 saturated carbocycles. The van der Waals surface area contributed by atoms with Gasteiger partial charge < -0.3 is 9.32 Å². The Kier molecular flexibility index (Phi) is 5.03. The Labute approximate surface area is 159 Å². The van der Waals surface area contributed by atoms with Crippen molar-refractivity contribution < 1.29 is 17.6 Å². The molecule has 144 valence electrons. The zero-order valence-electron chi connectivity index (χ0n) is 15.0. The molecule has 0 bridgehead atoms. The van der Waals surface area contributed by atoms with Crippen LogP contribution in [0.4, 0.5) is 0 Å². The van der Waals surface area contributed by atoms with Crippen LogP contribution < -0.4 is 4.72 Å². The molecule has 0 unspecified atom stereocenters. The van der Waals surface area contributed by atoms with Gasteiger partial charge in [0.2, 0.25) is 10.0 Å². The summed E-state index contributed by atoms with van der Waals surface area (Å²) in [5.41, 5.74) is 0.514. The number of rotatable bonds is 6. The van der Waals surface area contributed by atoms with E-state index in [1.165, 1.54) is 31.2 Å². The van der Waals surface area contributed by atoms with Gasteiger partial charge in [0.25, 0.3) is 5.91 Å². The van der Waals surface area contributed by atoms with Crippen LogP contribution in [0.3, 0.4) is 0 Å². The van der Waals surface area contributed by atoms with E-state index in [4.69, 9.17) is 4.42 Å². The highest BCUT2D eigenvalue weighted by atomic mass is 32.2. The molecule has 1 aliphatic heterocycles. The fraction of sp³-hybridized carbons (Fsp3) is 0.421. The summed E-state index contributed by atoms with van der Waals surface area (Å²) in [6, 6.07) is 10.2. The van der Waals surface area contributed by atoms with Crippen molar-refractivity contribution in [2.75, 3.05) is 26.2 Å². The van der Waals surface area contributed by atoms with Crippen molar-refractivity contribution >= 4 is 15.9 Å². The molecule has 0 radical (unpaired) electrons. The third-order valence-corrected chi connectivity index (χ3v) is 6.51. The van der Waals surface area contributed by atoms with Gasteiger partial charge in [0, 0.05) is 37.8 Å². The molecule has 2 aliphatic rings. The van der Waals surface area contributed by atoms with E-state index in [0.717, 1.165) is 32.2 Å². The molecule has 2 heterocycles. The SMILES string of the molecule is O=C(c1ccc(S(=O)(=O)NCc2ccco2)cc1)N1CCN(C2CC2)CC1. The second-order valence-corrected chi connectivity index (χ2v) is 8.75. The molecule has 1 aromatic heterocycles. The number of carbonyl (C=O) groups is 1. The summed E-state index contributed by atoms with van der Waals surface area (Å²) in [5, 5.41) is 0. The summed E-state index contributed by atoms with van der Waals surface area (Å²) in [7, 11) is -3.66. The van der Waals surface area contributed by atoms with E-state index < -0.39 is 10.0 Å². The van der Waals surface area contributed by atoms with Crippen molar-refractivity contribution in [3.8, 4) is 0 Å². The number of carbonyl (C=O) groups excluding carboxylic acids is 1. The summed E-state index contributed by atoms with van der Waals surface area (Å²) >= 11 is 0. The Morgan fingerprint density at radius 1 is 1.07 bits per heavy atom. The van der Waals surface area contributed by atoms with Crippen molar-refractivity contribution in [2.45, 2.75) is 30.3 Å². The minimum absolute atomic E-state index is 0.0436. The summed E-state index contributed by atoms with van der Waals surface area (Å²) in [6.45, 7) is 3.36. The number of nitrogens with one attached hydrogen (secondary N) is 1. The van der Waals surface area contributed by atoms with Gasteiger partial charge in [-0.3, -0.25) is 9.69 Å². The Hall–Kier alpha value is -2.16. The van der Waals surface area contributed by atoms with Crippen molar-refractivity contribution in [3.63, 3.8) is 0 Å². The summed E-state index contributed by atoms with van der Waals surface area (Å²) < 4.78 is 32.3. The summed E-state index contributed by atoms with van der Waals surface area (Å²) in [6.07, 6.45) is 4.05. The molecule has 8 heteroatoms. The van der Waals surface area contributed by atoms with E-state index in [1.54, 1.807) is 24.3 Å². The molecule has 4 rings (SSSR count). The lowest BCUT2D eigenvalue weighted by Gasteiger charge is -2.34. The Bertz CT molecular complexity index is 882. The highest BCUT2D eigenvalue weighted by molar-refractivity contribution is 7.89. The fourth-order valence-electron chi connectivity index (χ4n) is 3.35. The molecule has 0 atom stereocenters. The van der Waals surface area contributed by atoms with E-state index in [1.807, 2.05) is 4.90 Å². The van der Waals surface area contributed by atoms with Gasteiger partial charge in [0.05, 0.1) is 17.7 Å². The van der Waals surface area contributed by atoms with E-state index in [0.29, 0.717) is 11.3 Å². The molecular formula is C19H23N3O4S. The van der Waals surface area contributed by atoms with Crippen LogP contribution in [-0.2, 0) is 16.6 Å². The first-order chi connectivity index (χ1) is 13.0. The van der Waals surface area contributed by atoms with Crippen LogP contribution in [0.15, 0.2) is 52.0 Å². The van der Waals surface area contributed by atoms with Crippen LogP contribution in [0.5, 0.6) is 0 Å². The highest BCUT2D eigenvalue weighted by Crippen LogP contribution is 2.27. The minimum atomic E-state index is -3.66. The second-order valence-electron chi connectivity index (χ2n) is 6.99.